The van der Waals surface area contributed by atoms with E-state index in [4.69, 9.17) is 5.73 Å². The van der Waals surface area contributed by atoms with Crippen LogP contribution in [0.5, 0.6) is 0 Å². The standard InChI is InChI=1S/C14H19N3O2/c1-9-2-5-11(14(15)19)6-12(9)17-13(18)8-16-7-10-3-4-10/h2,5-6,10,16H,3-4,7-8H2,1H3,(H2,15,19)(H,17,18). The summed E-state index contributed by atoms with van der Waals surface area (Å²) in [6, 6.07) is 5.03. The van der Waals surface area contributed by atoms with Gasteiger partial charge in [0.2, 0.25) is 11.8 Å². The largest absolute Gasteiger partial charge is 0.366 e. The molecular weight excluding hydrogens is 242 g/mol. The minimum Gasteiger partial charge on any atom is -0.366 e. The molecule has 1 aliphatic carbocycles. The molecule has 102 valence electrons. The number of benzene rings is 1. The first-order valence-electron chi connectivity index (χ1n) is 6.47. The lowest BCUT2D eigenvalue weighted by atomic mass is 10.1. The highest BCUT2D eigenvalue weighted by molar-refractivity contribution is 5.97. The summed E-state index contributed by atoms with van der Waals surface area (Å²) in [5.74, 6) is 0.139. The topological polar surface area (TPSA) is 84.2 Å². The molecule has 19 heavy (non-hydrogen) atoms. The van der Waals surface area contributed by atoms with Gasteiger partial charge in [-0.25, -0.2) is 0 Å². The van der Waals surface area contributed by atoms with Gasteiger partial charge in [0.25, 0.3) is 0 Å². The Hall–Kier alpha value is -1.88. The second-order valence-electron chi connectivity index (χ2n) is 5.02. The summed E-state index contributed by atoms with van der Waals surface area (Å²) in [5, 5.41) is 5.91. The third kappa shape index (κ3) is 4.06. The lowest BCUT2D eigenvalue weighted by Gasteiger charge is -2.10. The highest BCUT2D eigenvalue weighted by atomic mass is 16.2. The summed E-state index contributed by atoms with van der Waals surface area (Å²) in [7, 11) is 0. The Morgan fingerprint density at radius 3 is 2.74 bits per heavy atom. The highest BCUT2D eigenvalue weighted by Crippen LogP contribution is 2.27. The lowest BCUT2D eigenvalue weighted by molar-refractivity contribution is -0.115. The Morgan fingerprint density at radius 2 is 2.11 bits per heavy atom. The van der Waals surface area contributed by atoms with E-state index in [1.165, 1.54) is 12.8 Å². The number of anilines is 1. The monoisotopic (exact) mass is 261 g/mol. The Labute approximate surface area is 112 Å². The van der Waals surface area contributed by atoms with Gasteiger partial charge >= 0.3 is 0 Å². The number of carbonyl (C=O) groups excluding carboxylic acids is 2. The molecule has 5 nitrogen and oxygen atoms in total. The summed E-state index contributed by atoms with van der Waals surface area (Å²) in [4.78, 5) is 22.9. The molecule has 1 aromatic carbocycles. The van der Waals surface area contributed by atoms with Crippen molar-refractivity contribution in [1.29, 1.82) is 0 Å². The molecule has 1 aromatic rings. The van der Waals surface area contributed by atoms with Crippen molar-refractivity contribution in [3.63, 3.8) is 0 Å². The number of primary amides is 1. The van der Waals surface area contributed by atoms with E-state index in [1.807, 2.05) is 6.92 Å². The molecule has 0 unspecified atom stereocenters. The summed E-state index contributed by atoms with van der Waals surface area (Å²) in [5.41, 5.74) is 7.15. The zero-order valence-electron chi connectivity index (χ0n) is 11.0. The van der Waals surface area contributed by atoms with Crippen molar-refractivity contribution >= 4 is 17.5 Å². The van der Waals surface area contributed by atoms with Crippen molar-refractivity contribution in [2.24, 2.45) is 11.7 Å². The zero-order chi connectivity index (χ0) is 13.8. The van der Waals surface area contributed by atoms with Crippen LogP contribution in [0, 0.1) is 12.8 Å². The van der Waals surface area contributed by atoms with E-state index in [0.717, 1.165) is 18.0 Å². The molecule has 0 saturated heterocycles. The number of hydrogen-bond acceptors (Lipinski definition) is 3. The molecule has 0 aliphatic heterocycles. The third-order valence-corrected chi connectivity index (χ3v) is 3.21. The molecule has 0 aromatic heterocycles. The average molecular weight is 261 g/mol. The number of rotatable bonds is 6. The predicted molar refractivity (Wildman–Crippen MR) is 73.9 cm³/mol. The van der Waals surface area contributed by atoms with Crippen LogP contribution in [0.4, 0.5) is 5.69 Å². The number of hydrogen-bond donors (Lipinski definition) is 3. The normalized spacial score (nSPS) is 14.2. The second-order valence-corrected chi connectivity index (χ2v) is 5.02. The molecular formula is C14H19N3O2. The number of amides is 2. The van der Waals surface area contributed by atoms with Crippen molar-refractivity contribution < 1.29 is 9.59 Å². The van der Waals surface area contributed by atoms with Gasteiger partial charge in [-0.15, -0.1) is 0 Å². The van der Waals surface area contributed by atoms with Gasteiger partial charge in [0.15, 0.2) is 0 Å². The van der Waals surface area contributed by atoms with Crippen LogP contribution < -0.4 is 16.4 Å². The molecule has 0 spiro atoms. The van der Waals surface area contributed by atoms with E-state index in [1.54, 1.807) is 18.2 Å². The summed E-state index contributed by atoms with van der Waals surface area (Å²) in [6.07, 6.45) is 2.52. The van der Waals surface area contributed by atoms with Crippen LogP contribution in [0.1, 0.15) is 28.8 Å². The van der Waals surface area contributed by atoms with Crippen molar-refractivity contribution in [2.45, 2.75) is 19.8 Å². The minimum absolute atomic E-state index is 0.106. The fourth-order valence-corrected chi connectivity index (χ4v) is 1.82. The first-order valence-corrected chi connectivity index (χ1v) is 6.47. The molecule has 5 heteroatoms. The van der Waals surface area contributed by atoms with Crippen molar-refractivity contribution in [3.05, 3.63) is 29.3 Å². The number of aryl methyl sites for hydroxylation is 1. The Bertz CT molecular complexity index is 495. The van der Waals surface area contributed by atoms with Gasteiger partial charge in [0.1, 0.15) is 0 Å². The molecule has 0 radical (unpaired) electrons. The molecule has 0 bridgehead atoms. The molecule has 1 saturated carbocycles. The number of nitrogens with one attached hydrogen (secondary N) is 2. The molecule has 0 heterocycles. The first kappa shape index (κ1) is 13.5. The molecule has 0 atom stereocenters. The zero-order valence-corrected chi connectivity index (χ0v) is 11.0. The fourth-order valence-electron chi connectivity index (χ4n) is 1.82. The Morgan fingerprint density at radius 1 is 1.37 bits per heavy atom. The Balaban J connectivity index is 1.90. The van der Waals surface area contributed by atoms with E-state index in [-0.39, 0.29) is 12.5 Å². The number of carbonyl (C=O) groups is 2. The van der Waals surface area contributed by atoms with E-state index in [2.05, 4.69) is 10.6 Å². The smallest absolute Gasteiger partial charge is 0.248 e. The van der Waals surface area contributed by atoms with Crippen LogP contribution in [0.3, 0.4) is 0 Å². The van der Waals surface area contributed by atoms with Crippen molar-refractivity contribution in [2.75, 3.05) is 18.4 Å². The molecule has 2 amide bonds. The average Bonchev–Trinajstić information content (AvgIpc) is 3.15. The van der Waals surface area contributed by atoms with Gasteiger partial charge in [-0.2, -0.15) is 0 Å². The predicted octanol–water partition coefficient (Wildman–Crippen LogP) is 1.03. The van der Waals surface area contributed by atoms with Gasteiger partial charge in [-0.05, 0) is 49.9 Å². The summed E-state index contributed by atoms with van der Waals surface area (Å²) >= 11 is 0. The fraction of sp³-hybridized carbons (Fsp3) is 0.429. The van der Waals surface area contributed by atoms with E-state index in [0.29, 0.717) is 11.3 Å². The van der Waals surface area contributed by atoms with E-state index >= 15 is 0 Å². The summed E-state index contributed by atoms with van der Waals surface area (Å²) in [6.45, 7) is 3.06. The van der Waals surface area contributed by atoms with Gasteiger partial charge in [-0.1, -0.05) is 6.07 Å². The SMILES string of the molecule is Cc1ccc(C(N)=O)cc1NC(=O)CNCC1CC1. The van der Waals surface area contributed by atoms with Crippen molar-refractivity contribution in [3.8, 4) is 0 Å². The lowest BCUT2D eigenvalue weighted by Crippen LogP contribution is -2.29. The van der Waals surface area contributed by atoms with Crippen LogP contribution >= 0.6 is 0 Å². The number of nitrogens with two attached hydrogens (primary N) is 1. The van der Waals surface area contributed by atoms with Crippen LogP contribution in [0.2, 0.25) is 0 Å². The molecule has 4 N–H and O–H groups in total. The second kappa shape index (κ2) is 5.84. The maximum absolute atomic E-state index is 11.8. The third-order valence-electron chi connectivity index (χ3n) is 3.21. The Kier molecular flexibility index (Phi) is 4.16. The van der Waals surface area contributed by atoms with E-state index in [9.17, 15) is 9.59 Å². The van der Waals surface area contributed by atoms with Crippen molar-refractivity contribution in [1.82, 2.24) is 5.32 Å². The summed E-state index contributed by atoms with van der Waals surface area (Å²) < 4.78 is 0. The minimum atomic E-state index is -0.498. The van der Waals surface area contributed by atoms with Crippen LogP contribution in [-0.4, -0.2) is 24.9 Å². The first-order chi connectivity index (χ1) is 9.06. The van der Waals surface area contributed by atoms with Gasteiger partial charge in [0, 0.05) is 11.3 Å². The molecule has 1 fully saturated rings. The molecule has 1 aliphatic rings. The van der Waals surface area contributed by atoms with Gasteiger partial charge < -0.3 is 16.4 Å². The van der Waals surface area contributed by atoms with Crippen LogP contribution in [0.25, 0.3) is 0 Å². The van der Waals surface area contributed by atoms with E-state index < -0.39 is 5.91 Å². The maximum atomic E-state index is 11.8. The van der Waals surface area contributed by atoms with Gasteiger partial charge in [-0.3, -0.25) is 9.59 Å². The van der Waals surface area contributed by atoms with Crippen LogP contribution in [0.15, 0.2) is 18.2 Å². The van der Waals surface area contributed by atoms with Crippen LogP contribution in [-0.2, 0) is 4.79 Å². The highest BCUT2D eigenvalue weighted by Gasteiger charge is 2.20. The van der Waals surface area contributed by atoms with Gasteiger partial charge in [0.05, 0.1) is 6.54 Å². The molecule has 2 rings (SSSR count). The maximum Gasteiger partial charge on any atom is 0.248 e. The quantitative estimate of drug-likeness (QED) is 0.715.